The maximum absolute atomic E-state index is 12.6. The Balaban J connectivity index is 2.13. The average molecular weight is 313 g/mol. The van der Waals surface area contributed by atoms with Crippen LogP contribution in [-0.4, -0.2) is 50.8 Å². The number of ether oxygens (including phenoxy) is 2. The normalized spacial score (nSPS) is 18.0. The summed E-state index contributed by atoms with van der Waals surface area (Å²) in [4.78, 5) is 14.4. The molecule has 1 atom stereocenters. The predicted octanol–water partition coefficient (Wildman–Crippen LogP) is 1.79. The Morgan fingerprint density at radius 1 is 1.48 bits per heavy atom. The van der Waals surface area contributed by atoms with E-state index in [4.69, 9.17) is 26.8 Å². The van der Waals surface area contributed by atoms with Crippen LogP contribution in [0.3, 0.4) is 0 Å². The zero-order valence-corrected chi connectivity index (χ0v) is 12.9. The fourth-order valence-corrected chi connectivity index (χ4v) is 2.58. The molecule has 1 saturated heterocycles. The number of amides is 1. The highest BCUT2D eigenvalue weighted by atomic mass is 35.5. The van der Waals surface area contributed by atoms with Crippen LogP contribution in [0.25, 0.3) is 0 Å². The number of hydrogen-bond acceptors (Lipinski definition) is 4. The number of nitrogens with two attached hydrogens (primary N) is 1. The van der Waals surface area contributed by atoms with Crippen molar-refractivity contribution in [3.63, 3.8) is 0 Å². The van der Waals surface area contributed by atoms with Crippen LogP contribution in [0.5, 0.6) is 5.75 Å². The van der Waals surface area contributed by atoms with Crippen LogP contribution < -0.4 is 10.5 Å². The maximum atomic E-state index is 12.6. The Hall–Kier alpha value is -1.30. The SMILES string of the molecule is COCCOc1ccc(Cl)cc1C(=O)N1CC[C@H](CN)C1. The lowest BCUT2D eigenvalue weighted by molar-refractivity contribution is 0.0780. The first kappa shape index (κ1) is 16.1. The molecule has 1 aromatic carbocycles. The van der Waals surface area contributed by atoms with Crippen molar-refractivity contribution in [3.8, 4) is 5.75 Å². The van der Waals surface area contributed by atoms with Crippen LogP contribution in [0.4, 0.5) is 0 Å². The highest BCUT2D eigenvalue weighted by molar-refractivity contribution is 6.31. The highest BCUT2D eigenvalue weighted by Gasteiger charge is 2.27. The number of methoxy groups -OCH3 is 1. The summed E-state index contributed by atoms with van der Waals surface area (Å²) < 4.78 is 10.6. The van der Waals surface area contributed by atoms with E-state index in [0.717, 1.165) is 13.0 Å². The molecular formula is C15H21ClN2O3. The van der Waals surface area contributed by atoms with Crippen molar-refractivity contribution in [2.45, 2.75) is 6.42 Å². The van der Waals surface area contributed by atoms with E-state index in [1.807, 2.05) is 4.90 Å². The monoisotopic (exact) mass is 312 g/mol. The number of benzene rings is 1. The predicted molar refractivity (Wildman–Crippen MR) is 81.9 cm³/mol. The van der Waals surface area contributed by atoms with Crippen LogP contribution in [-0.2, 0) is 4.74 Å². The second-order valence-electron chi connectivity index (χ2n) is 5.12. The van der Waals surface area contributed by atoms with Crippen molar-refractivity contribution in [2.24, 2.45) is 11.7 Å². The molecule has 5 nitrogen and oxygen atoms in total. The van der Waals surface area contributed by atoms with Crippen LogP contribution in [0.1, 0.15) is 16.8 Å². The quantitative estimate of drug-likeness (QED) is 0.813. The van der Waals surface area contributed by atoms with Gasteiger partial charge in [-0.3, -0.25) is 4.79 Å². The van der Waals surface area contributed by atoms with Gasteiger partial charge in [-0.25, -0.2) is 0 Å². The van der Waals surface area contributed by atoms with Gasteiger partial charge in [-0.15, -0.1) is 0 Å². The van der Waals surface area contributed by atoms with E-state index in [2.05, 4.69) is 0 Å². The fourth-order valence-electron chi connectivity index (χ4n) is 2.41. The summed E-state index contributed by atoms with van der Waals surface area (Å²) in [5.74, 6) is 0.865. The second-order valence-corrected chi connectivity index (χ2v) is 5.56. The minimum Gasteiger partial charge on any atom is -0.490 e. The summed E-state index contributed by atoms with van der Waals surface area (Å²) in [7, 11) is 1.61. The van der Waals surface area contributed by atoms with Gasteiger partial charge in [-0.1, -0.05) is 11.6 Å². The molecule has 0 unspecified atom stereocenters. The maximum Gasteiger partial charge on any atom is 0.257 e. The molecule has 21 heavy (non-hydrogen) atoms. The molecule has 1 fully saturated rings. The van der Waals surface area contributed by atoms with Crippen molar-refractivity contribution < 1.29 is 14.3 Å². The van der Waals surface area contributed by atoms with Crippen LogP contribution >= 0.6 is 11.6 Å². The summed E-state index contributed by atoms with van der Waals surface area (Å²) in [6.07, 6.45) is 0.947. The molecule has 1 heterocycles. The largest absolute Gasteiger partial charge is 0.490 e. The van der Waals surface area contributed by atoms with Gasteiger partial charge in [0.05, 0.1) is 12.2 Å². The van der Waals surface area contributed by atoms with Gasteiger partial charge in [-0.2, -0.15) is 0 Å². The number of likely N-dealkylation sites (tertiary alicyclic amines) is 1. The zero-order chi connectivity index (χ0) is 15.2. The van der Waals surface area contributed by atoms with E-state index in [1.54, 1.807) is 25.3 Å². The first-order chi connectivity index (χ1) is 10.2. The third-order valence-electron chi connectivity index (χ3n) is 3.62. The highest BCUT2D eigenvalue weighted by Crippen LogP contribution is 2.26. The molecule has 1 aliphatic rings. The second kappa shape index (κ2) is 7.64. The van der Waals surface area contributed by atoms with E-state index >= 15 is 0 Å². The average Bonchev–Trinajstić information content (AvgIpc) is 2.97. The van der Waals surface area contributed by atoms with Crippen molar-refractivity contribution in [3.05, 3.63) is 28.8 Å². The number of nitrogens with zero attached hydrogens (tertiary/aromatic N) is 1. The Labute approximate surface area is 130 Å². The van der Waals surface area contributed by atoms with Crippen molar-refractivity contribution in [1.82, 2.24) is 4.90 Å². The van der Waals surface area contributed by atoms with Crippen LogP contribution in [0.15, 0.2) is 18.2 Å². The molecule has 1 amide bonds. The molecule has 6 heteroatoms. The molecule has 116 valence electrons. The molecular weight excluding hydrogens is 292 g/mol. The first-order valence-electron chi connectivity index (χ1n) is 7.06. The van der Waals surface area contributed by atoms with E-state index in [1.165, 1.54) is 0 Å². The summed E-state index contributed by atoms with van der Waals surface area (Å²) in [5.41, 5.74) is 6.17. The van der Waals surface area contributed by atoms with Gasteiger partial charge in [0, 0.05) is 25.2 Å². The van der Waals surface area contributed by atoms with Gasteiger partial charge in [0.15, 0.2) is 0 Å². The van der Waals surface area contributed by atoms with E-state index < -0.39 is 0 Å². The lowest BCUT2D eigenvalue weighted by atomic mass is 10.1. The molecule has 0 radical (unpaired) electrons. The smallest absolute Gasteiger partial charge is 0.257 e. The molecule has 0 bridgehead atoms. The molecule has 1 aromatic rings. The number of rotatable bonds is 6. The van der Waals surface area contributed by atoms with Crippen molar-refractivity contribution >= 4 is 17.5 Å². The standard InChI is InChI=1S/C15H21ClN2O3/c1-20-6-7-21-14-3-2-12(16)8-13(14)15(19)18-5-4-11(9-17)10-18/h2-3,8,11H,4-7,9-10,17H2,1H3/t11-/m1/s1. The zero-order valence-electron chi connectivity index (χ0n) is 12.2. The number of hydrogen-bond donors (Lipinski definition) is 1. The van der Waals surface area contributed by atoms with Gasteiger partial charge in [-0.05, 0) is 37.1 Å². The molecule has 0 aliphatic carbocycles. The topological polar surface area (TPSA) is 64.8 Å². The molecule has 0 aromatic heterocycles. The van der Waals surface area contributed by atoms with Crippen molar-refractivity contribution in [1.29, 1.82) is 0 Å². The summed E-state index contributed by atoms with van der Waals surface area (Å²) in [5, 5.41) is 0.520. The molecule has 0 saturated carbocycles. The minimum atomic E-state index is -0.0548. The Bertz CT molecular complexity index is 496. The summed E-state index contributed by atoms with van der Waals surface area (Å²) in [6.45, 7) is 2.89. The molecule has 2 rings (SSSR count). The van der Waals surface area contributed by atoms with Crippen molar-refractivity contribution in [2.75, 3.05) is 40.0 Å². The van der Waals surface area contributed by atoms with Gasteiger partial charge in [0.1, 0.15) is 12.4 Å². The van der Waals surface area contributed by atoms with E-state index in [-0.39, 0.29) is 5.91 Å². The van der Waals surface area contributed by atoms with E-state index in [9.17, 15) is 4.79 Å². The lowest BCUT2D eigenvalue weighted by Gasteiger charge is -2.19. The third kappa shape index (κ3) is 4.09. The van der Waals surface area contributed by atoms with E-state index in [0.29, 0.717) is 48.6 Å². The summed E-state index contributed by atoms with van der Waals surface area (Å²) >= 11 is 6.01. The first-order valence-corrected chi connectivity index (χ1v) is 7.44. The Morgan fingerprint density at radius 3 is 2.95 bits per heavy atom. The Kier molecular flexibility index (Phi) is 5.85. The van der Waals surface area contributed by atoms with Gasteiger partial charge in [0.2, 0.25) is 0 Å². The van der Waals surface area contributed by atoms with Crippen LogP contribution in [0.2, 0.25) is 5.02 Å². The van der Waals surface area contributed by atoms with Crippen LogP contribution in [0, 0.1) is 5.92 Å². The van der Waals surface area contributed by atoms with Gasteiger partial charge >= 0.3 is 0 Å². The molecule has 1 aliphatic heterocycles. The number of halogens is 1. The lowest BCUT2D eigenvalue weighted by Crippen LogP contribution is -2.30. The Morgan fingerprint density at radius 2 is 2.29 bits per heavy atom. The summed E-state index contributed by atoms with van der Waals surface area (Å²) in [6, 6.07) is 5.09. The van der Waals surface area contributed by atoms with Gasteiger partial charge in [0.25, 0.3) is 5.91 Å². The number of carbonyl (C=O) groups excluding carboxylic acids is 1. The number of carbonyl (C=O) groups is 1. The molecule has 2 N–H and O–H groups in total. The molecule has 0 spiro atoms. The third-order valence-corrected chi connectivity index (χ3v) is 3.86. The fraction of sp³-hybridized carbons (Fsp3) is 0.533. The van der Waals surface area contributed by atoms with Gasteiger partial charge < -0.3 is 20.1 Å². The minimum absolute atomic E-state index is 0.0548.